The Labute approximate surface area is 136 Å². The fraction of sp³-hybridized carbons (Fsp3) is 0.688. The van der Waals surface area contributed by atoms with Crippen molar-refractivity contribution in [2.45, 2.75) is 20.4 Å². The number of aromatic nitrogens is 2. The minimum absolute atomic E-state index is 0.00231. The van der Waals surface area contributed by atoms with Crippen molar-refractivity contribution in [2.75, 3.05) is 33.4 Å². The maximum absolute atomic E-state index is 12.9. The van der Waals surface area contributed by atoms with Crippen molar-refractivity contribution in [3.8, 4) is 0 Å². The minimum atomic E-state index is -0.172. The third-order valence-corrected chi connectivity index (χ3v) is 4.93. The van der Waals surface area contributed by atoms with Crippen molar-refractivity contribution in [1.29, 1.82) is 0 Å². The van der Waals surface area contributed by atoms with E-state index in [1.807, 2.05) is 24.8 Å². The molecule has 0 unspecified atom stereocenters. The second kappa shape index (κ2) is 6.31. The average molecular weight is 320 g/mol. The molecule has 3 rings (SSSR count). The molecule has 0 radical (unpaired) electrons. The number of hydrogen-bond acceptors (Lipinski definition) is 4. The fourth-order valence-corrected chi connectivity index (χ4v) is 3.74. The molecule has 2 saturated heterocycles. The SMILES string of the molecule is CCn1nc(C)cc1C(=O)N1C[C@H]2COC[C@H](C(=O)NC)[C@H]2C1. The molecule has 3 heterocycles. The van der Waals surface area contributed by atoms with Gasteiger partial charge in [0.1, 0.15) is 5.69 Å². The molecule has 0 aliphatic carbocycles. The van der Waals surface area contributed by atoms with Crippen molar-refractivity contribution in [3.05, 3.63) is 17.5 Å². The molecule has 23 heavy (non-hydrogen) atoms. The fourth-order valence-electron chi connectivity index (χ4n) is 3.74. The Bertz CT molecular complexity index is 612. The summed E-state index contributed by atoms with van der Waals surface area (Å²) in [7, 11) is 1.65. The molecular formula is C16H24N4O3. The third-order valence-electron chi connectivity index (χ3n) is 4.93. The summed E-state index contributed by atoms with van der Waals surface area (Å²) in [6.45, 7) is 6.84. The molecule has 2 aliphatic heterocycles. The molecule has 7 nitrogen and oxygen atoms in total. The van der Waals surface area contributed by atoms with Crippen molar-refractivity contribution < 1.29 is 14.3 Å². The maximum atomic E-state index is 12.9. The molecule has 0 spiro atoms. The van der Waals surface area contributed by atoms with Crippen LogP contribution >= 0.6 is 0 Å². The lowest BCUT2D eigenvalue weighted by Gasteiger charge is -2.31. The van der Waals surface area contributed by atoms with Gasteiger partial charge in [0.15, 0.2) is 0 Å². The Morgan fingerprint density at radius 2 is 2.17 bits per heavy atom. The number of nitrogens with one attached hydrogen (secondary N) is 1. The molecule has 1 N–H and O–H groups in total. The molecular weight excluding hydrogens is 296 g/mol. The number of hydrogen-bond donors (Lipinski definition) is 1. The number of ether oxygens (including phenoxy) is 1. The van der Waals surface area contributed by atoms with Gasteiger partial charge >= 0.3 is 0 Å². The van der Waals surface area contributed by atoms with Crippen LogP contribution in [0.3, 0.4) is 0 Å². The van der Waals surface area contributed by atoms with Crippen molar-refractivity contribution in [1.82, 2.24) is 20.0 Å². The van der Waals surface area contributed by atoms with Crippen LogP contribution in [-0.2, 0) is 16.1 Å². The first kappa shape index (κ1) is 16.0. The van der Waals surface area contributed by atoms with Crippen LogP contribution in [0.25, 0.3) is 0 Å². The first-order chi connectivity index (χ1) is 11.0. The molecule has 126 valence electrons. The smallest absolute Gasteiger partial charge is 0.272 e. The quantitative estimate of drug-likeness (QED) is 0.868. The molecule has 0 saturated carbocycles. The molecule has 3 atom stereocenters. The summed E-state index contributed by atoms with van der Waals surface area (Å²) >= 11 is 0. The van der Waals surface area contributed by atoms with Gasteiger partial charge in [0.25, 0.3) is 5.91 Å². The van der Waals surface area contributed by atoms with E-state index in [1.165, 1.54) is 0 Å². The molecule has 7 heteroatoms. The van der Waals surface area contributed by atoms with Crippen LogP contribution in [0.2, 0.25) is 0 Å². The predicted octanol–water partition coefficient (Wildman–Crippen LogP) is 0.292. The van der Waals surface area contributed by atoms with E-state index in [2.05, 4.69) is 10.4 Å². The minimum Gasteiger partial charge on any atom is -0.380 e. The molecule has 0 aromatic carbocycles. The Morgan fingerprint density at radius 1 is 1.39 bits per heavy atom. The summed E-state index contributed by atoms with van der Waals surface area (Å²) in [4.78, 5) is 26.8. The third kappa shape index (κ3) is 2.85. The number of fused-ring (bicyclic) bond motifs is 1. The van der Waals surface area contributed by atoms with Crippen molar-refractivity contribution in [3.63, 3.8) is 0 Å². The summed E-state index contributed by atoms with van der Waals surface area (Å²) in [5.74, 6) is 0.233. The summed E-state index contributed by atoms with van der Waals surface area (Å²) < 4.78 is 7.33. The highest BCUT2D eigenvalue weighted by Gasteiger charge is 2.45. The van der Waals surface area contributed by atoms with Gasteiger partial charge in [-0.25, -0.2) is 0 Å². The molecule has 1 aromatic heterocycles. The largest absolute Gasteiger partial charge is 0.380 e. The van der Waals surface area contributed by atoms with Gasteiger partial charge in [-0.05, 0) is 25.8 Å². The second-order valence-corrected chi connectivity index (χ2v) is 6.38. The standard InChI is InChI=1S/C16H24N4O3/c1-4-20-14(5-10(2)18-20)16(22)19-6-11-8-23-9-13(12(11)7-19)15(21)17-3/h5,11-13H,4,6-9H2,1-3H3,(H,17,21)/t11-,12-,13-/m0/s1. The van der Waals surface area contributed by atoms with Gasteiger partial charge in [0, 0.05) is 32.6 Å². The van der Waals surface area contributed by atoms with E-state index in [0.29, 0.717) is 38.5 Å². The van der Waals surface area contributed by atoms with Crippen LogP contribution in [0.15, 0.2) is 6.07 Å². The van der Waals surface area contributed by atoms with Crippen LogP contribution in [0.4, 0.5) is 0 Å². The van der Waals surface area contributed by atoms with Crippen LogP contribution in [0, 0.1) is 24.7 Å². The topological polar surface area (TPSA) is 76.5 Å². The Hall–Kier alpha value is -1.89. The maximum Gasteiger partial charge on any atom is 0.272 e. The zero-order valence-corrected chi connectivity index (χ0v) is 13.9. The van der Waals surface area contributed by atoms with E-state index in [4.69, 9.17) is 4.74 Å². The van der Waals surface area contributed by atoms with Gasteiger partial charge in [-0.3, -0.25) is 14.3 Å². The summed E-state index contributed by atoms with van der Waals surface area (Å²) in [5, 5.41) is 7.06. The molecule has 2 fully saturated rings. The second-order valence-electron chi connectivity index (χ2n) is 6.38. The number of carbonyl (C=O) groups is 2. The zero-order chi connectivity index (χ0) is 16.6. The molecule has 0 bridgehead atoms. The zero-order valence-electron chi connectivity index (χ0n) is 13.9. The van der Waals surface area contributed by atoms with Crippen LogP contribution < -0.4 is 5.32 Å². The van der Waals surface area contributed by atoms with E-state index in [-0.39, 0.29) is 29.6 Å². The number of amides is 2. The van der Waals surface area contributed by atoms with Crippen LogP contribution in [0.5, 0.6) is 0 Å². The van der Waals surface area contributed by atoms with Gasteiger partial charge in [0.05, 0.1) is 24.8 Å². The van der Waals surface area contributed by atoms with Crippen LogP contribution in [0.1, 0.15) is 23.1 Å². The molecule has 2 amide bonds. The highest BCUT2D eigenvalue weighted by molar-refractivity contribution is 5.93. The number of rotatable bonds is 3. The van der Waals surface area contributed by atoms with E-state index in [1.54, 1.807) is 11.7 Å². The van der Waals surface area contributed by atoms with Crippen LogP contribution in [-0.4, -0.2) is 59.8 Å². The highest BCUT2D eigenvalue weighted by atomic mass is 16.5. The highest BCUT2D eigenvalue weighted by Crippen LogP contribution is 2.34. The average Bonchev–Trinajstić information content (AvgIpc) is 3.16. The van der Waals surface area contributed by atoms with E-state index < -0.39 is 0 Å². The Balaban J connectivity index is 1.78. The van der Waals surface area contributed by atoms with Gasteiger partial charge < -0.3 is 15.0 Å². The van der Waals surface area contributed by atoms with Gasteiger partial charge in [-0.15, -0.1) is 0 Å². The Morgan fingerprint density at radius 3 is 2.87 bits per heavy atom. The molecule has 2 aliphatic rings. The first-order valence-electron chi connectivity index (χ1n) is 8.18. The number of likely N-dealkylation sites (tertiary alicyclic amines) is 1. The summed E-state index contributed by atoms with van der Waals surface area (Å²) in [5.41, 5.74) is 1.47. The summed E-state index contributed by atoms with van der Waals surface area (Å²) in [6, 6.07) is 1.83. The predicted molar refractivity (Wildman–Crippen MR) is 83.9 cm³/mol. The number of aryl methyl sites for hydroxylation is 2. The molecule has 1 aromatic rings. The van der Waals surface area contributed by atoms with Crippen molar-refractivity contribution in [2.24, 2.45) is 17.8 Å². The summed E-state index contributed by atoms with van der Waals surface area (Å²) in [6.07, 6.45) is 0. The lowest BCUT2D eigenvalue weighted by molar-refractivity contribution is -0.133. The number of carbonyl (C=O) groups excluding carboxylic acids is 2. The van der Waals surface area contributed by atoms with E-state index in [9.17, 15) is 9.59 Å². The first-order valence-corrected chi connectivity index (χ1v) is 8.18. The van der Waals surface area contributed by atoms with Crippen molar-refractivity contribution >= 4 is 11.8 Å². The van der Waals surface area contributed by atoms with Gasteiger partial charge in [-0.2, -0.15) is 5.10 Å². The van der Waals surface area contributed by atoms with E-state index in [0.717, 1.165) is 5.69 Å². The monoisotopic (exact) mass is 320 g/mol. The van der Waals surface area contributed by atoms with Gasteiger partial charge in [0.2, 0.25) is 5.91 Å². The van der Waals surface area contributed by atoms with E-state index >= 15 is 0 Å². The Kier molecular flexibility index (Phi) is 4.39. The number of nitrogens with zero attached hydrogens (tertiary/aromatic N) is 3. The van der Waals surface area contributed by atoms with Gasteiger partial charge in [-0.1, -0.05) is 0 Å². The lowest BCUT2D eigenvalue weighted by atomic mass is 9.82. The normalized spacial score (nSPS) is 26.9. The lowest BCUT2D eigenvalue weighted by Crippen LogP contribution is -2.43.